The van der Waals surface area contributed by atoms with Gasteiger partial charge in [0, 0.05) is 23.0 Å². The molecule has 4 nitrogen and oxygen atoms in total. The number of ketones is 1. The number of hydrogen-bond donors (Lipinski definition) is 2. The minimum atomic E-state index is -0.981. The maximum absolute atomic E-state index is 13.0. The number of carbonyl (C=O) groups is 2. The van der Waals surface area contributed by atoms with Gasteiger partial charge < -0.3 is 10.6 Å². The monoisotopic (exact) mass is 304 g/mol. The highest BCUT2D eigenvalue weighted by atomic mass is 19.2. The molecule has 2 rings (SSSR count). The molecule has 0 spiro atoms. The van der Waals surface area contributed by atoms with Crippen LogP contribution in [-0.4, -0.2) is 18.2 Å². The first kappa shape index (κ1) is 15.6. The summed E-state index contributed by atoms with van der Waals surface area (Å²) in [5.74, 6) is -2.33. The van der Waals surface area contributed by atoms with E-state index in [1.165, 1.54) is 13.0 Å². The van der Waals surface area contributed by atoms with Crippen molar-refractivity contribution >= 4 is 23.1 Å². The fraction of sp³-hybridized carbons (Fsp3) is 0.125. The molecule has 0 aliphatic carbocycles. The molecule has 0 bridgehead atoms. The Kier molecular flexibility index (Phi) is 4.83. The molecule has 2 aromatic carbocycles. The lowest BCUT2D eigenvalue weighted by atomic mass is 10.1. The van der Waals surface area contributed by atoms with E-state index in [4.69, 9.17) is 0 Å². The lowest BCUT2D eigenvalue weighted by molar-refractivity contribution is -0.114. The minimum absolute atomic E-state index is 0.0575. The summed E-state index contributed by atoms with van der Waals surface area (Å²) in [6, 6.07) is 9.76. The summed E-state index contributed by atoms with van der Waals surface area (Å²) in [7, 11) is 0. The van der Waals surface area contributed by atoms with Crippen LogP contribution in [0.15, 0.2) is 42.5 Å². The van der Waals surface area contributed by atoms with E-state index in [0.717, 1.165) is 12.1 Å². The highest BCUT2D eigenvalue weighted by Crippen LogP contribution is 2.13. The van der Waals surface area contributed by atoms with Crippen LogP contribution in [0.2, 0.25) is 0 Å². The van der Waals surface area contributed by atoms with E-state index >= 15 is 0 Å². The van der Waals surface area contributed by atoms with E-state index in [9.17, 15) is 18.4 Å². The van der Waals surface area contributed by atoms with Gasteiger partial charge in [0.15, 0.2) is 17.4 Å². The van der Waals surface area contributed by atoms with E-state index in [-0.39, 0.29) is 18.2 Å². The Morgan fingerprint density at radius 1 is 0.955 bits per heavy atom. The number of amides is 1. The Labute approximate surface area is 126 Å². The predicted octanol–water partition coefficient (Wildman–Crippen LogP) is 3.22. The van der Waals surface area contributed by atoms with Gasteiger partial charge >= 0.3 is 0 Å². The molecule has 0 fully saturated rings. The number of halogens is 2. The molecule has 114 valence electrons. The molecule has 2 N–H and O–H groups in total. The van der Waals surface area contributed by atoms with Gasteiger partial charge in [-0.1, -0.05) is 0 Å². The van der Waals surface area contributed by atoms with E-state index < -0.39 is 11.6 Å². The maximum Gasteiger partial charge on any atom is 0.243 e. The van der Waals surface area contributed by atoms with Crippen LogP contribution < -0.4 is 10.6 Å². The van der Waals surface area contributed by atoms with Gasteiger partial charge in [0.1, 0.15) is 0 Å². The molecule has 0 unspecified atom stereocenters. The van der Waals surface area contributed by atoms with Crippen LogP contribution in [-0.2, 0) is 4.79 Å². The largest absolute Gasteiger partial charge is 0.376 e. The van der Waals surface area contributed by atoms with Crippen molar-refractivity contribution in [3.05, 3.63) is 59.7 Å². The molecule has 0 radical (unpaired) electrons. The molecule has 0 aromatic heterocycles. The Balaban J connectivity index is 1.89. The number of rotatable bonds is 5. The third kappa shape index (κ3) is 4.12. The summed E-state index contributed by atoms with van der Waals surface area (Å²) in [6.07, 6.45) is 0. The maximum atomic E-state index is 13.0. The van der Waals surface area contributed by atoms with Crippen LogP contribution in [0.1, 0.15) is 17.3 Å². The summed E-state index contributed by atoms with van der Waals surface area (Å²) in [5, 5.41) is 5.31. The second kappa shape index (κ2) is 6.80. The standard InChI is InChI=1S/C16H14F2N2O2/c1-10(21)11-2-4-12(5-3-11)20-16(22)9-19-13-6-7-14(17)15(18)8-13/h2-8,19H,9H2,1H3,(H,20,22). The molecule has 6 heteroatoms. The molecule has 0 heterocycles. The smallest absolute Gasteiger partial charge is 0.243 e. The lowest BCUT2D eigenvalue weighted by Gasteiger charge is -2.08. The third-order valence-corrected chi connectivity index (χ3v) is 2.95. The molecule has 1 amide bonds. The summed E-state index contributed by atoms with van der Waals surface area (Å²) < 4.78 is 25.8. The molecule has 0 aliphatic heterocycles. The molecule has 22 heavy (non-hydrogen) atoms. The van der Waals surface area contributed by atoms with Gasteiger partial charge in [-0.3, -0.25) is 9.59 Å². The number of Topliss-reactive ketones (excluding diaryl/α,β-unsaturated/α-hetero) is 1. The summed E-state index contributed by atoms with van der Waals surface area (Å²) in [5.41, 5.74) is 1.40. The van der Waals surface area contributed by atoms with Gasteiger partial charge in [-0.15, -0.1) is 0 Å². The molecule has 0 aliphatic rings. The first-order chi connectivity index (χ1) is 10.5. The van der Waals surface area contributed by atoms with E-state index in [2.05, 4.69) is 10.6 Å². The van der Waals surface area contributed by atoms with Crippen molar-refractivity contribution in [1.82, 2.24) is 0 Å². The molecule has 0 atom stereocenters. The Hall–Kier alpha value is -2.76. The topological polar surface area (TPSA) is 58.2 Å². The Morgan fingerprint density at radius 2 is 1.59 bits per heavy atom. The normalized spacial score (nSPS) is 10.1. The first-order valence-corrected chi connectivity index (χ1v) is 6.55. The van der Waals surface area contributed by atoms with Crippen molar-refractivity contribution in [2.45, 2.75) is 6.92 Å². The van der Waals surface area contributed by atoms with Crippen molar-refractivity contribution in [1.29, 1.82) is 0 Å². The van der Waals surface area contributed by atoms with Crippen LogP contribution in [0.4, 0.5) is 20.2 Å². The van der Waals surface area contributed by atoms with Gasteiger partial charge in [-0.05, 0) is 43.3 Å². The van der Waals surface area contributed by atoms with Crippen LogP contribution in [0.25, 0.3) is 0 Å². The number of benzene rings is 2. The summed E-state index contributed by atoms with van der Waals surface area (Å²) in [6.45, 7) is 1.36. The van der Waals surface area contributed by atoms with Gasteiger partial charge in [0.2, 0.25) is 5.91 Å². The fourth-order valence-corrected chi connectivity index (χ4v) is 1.78. The SMILES string of the molecule is CC(=O)c1ccc(NC(=O)CNc2ccc(F)c(F)c2)cc1. The van der Waals surface area contributed by atoms with Crippen LogP contribution in [0, 0.1) is 11.6 Å². The van der Waals surface area contributed by atoms with Crippen molar-refractivity contribution in [3.63, 3.8) is 0 Å². The number of hydrogen-bond acceptors (Lipinski definition) is 3. The quantitative estimate of drug-likeness (QED) is 0.834. The summed E-state index contributed by atoms with van der Waals surface area (Å²) >= 11 is 0. The zero-order valence-electron chi connectivity index (χ0n) is 11.8. The molecule has 0 saturated heterocycles. The highest BCUT2D eigenvalue weighted by Gasteiger charge is 2.06. The van der Waals surface area contributed by atoms with Gasteiger partial charge in [0.25, 0.3) is 0 Å². The fourth-order valence-electron chi connectivity index (χ4n) is 1.78. The van der Waals surface area contributed by atoms with Crippen LogP contribution in [0.3, 0.4) is 0 Å². The number of carbonyl (C=O) groups excluding carboxylic acids is 2. The second-order valence-electron chi connectivity index (χ2n) is 4.66. The number of nitrogens with one attached hydrogen (secondary N) is 2. The second-order valence-corrected chi connectivity index (χ2v) is 4.66. The average Bonchev–Trinajstić information content (AvgIpc) is 2.49. The van der Waals surface area contributed by atoms with Gasteiger partial charge in [-0.2, -0.15) is 0 Å². The summed E-state index contributed by atoms with van der Waals surface area (Å²) in [4.78, 5) is 22.9. The van der Waals surface area contributed by atoms with Crippen molar-refractivity contribution in [2.24, 2.45) is 0 Å². The Morgan fingerprint density at radius 3 is 2.18 bits per heavy atom. The Bertz CT molecular complexity index is 700. The van der Waals surface area contributed by atoms with Crippen LogP contribution >= 0.6 is 0 Å². The minimum Gasteiger partial charge on any atom is -0.376 e. The molecular formula is C16H14F2N2O2. The average molecular weight is 304 g/mol. The van der Waals surface area contributed by atoms with Crippen molar-refractivity contribution in [2.75, 3.05) is 17.2 Å². The van der Waals surface area contributed by atoms with Crippen molar-refractivity contribution in [3.8, 4) is 0 Å². The third-order valence-electron chi connectivity index (χ3n) is 2.95. The zero-order valence-corrected chi connectivity index (χ0v) is 11.8. The van der Waals surface area contributed by atoms with E-state index in [0.29, 0.717) is 16.9 Å². The van der Waals surface area contributed by atoms with Crippen LogP contribution in [0.5, 0.6) is 0 Å². The first-order valence-electron chi connectivity index (χ1n) is 6.55. The predicted molar refractivity (Wildman–Crippen MR) is 79.9 cm³/mol. The van der Waals surface area contributed by atoms with Gasteiger partial charge in [0.05, 0.1) is 6.54 Å². The van der Waals surface area contributed by atoms with E-state index in [1.807, 2.05) is 0 Å². The zero-order chi connectivity index (χ0) is 16.1. The van der Waals surface area contributed by atoms with E-state index in [1.54, 1.807) is 24.3 Å². The number of anilines is 2. The highest BCUT2D eigenvalue weighted by molar-refractivity contribution is 5.96. The molecular weight excluding hydrogens is 290 g/mol. The molecule has 2 aromatic rings. The van der Waals surface area contributed by atoms with Crippen molar-refractivity contribution < 1.29 is 18.4 Å². The molecule has 0 saturated carbocycles. The lowest BCUT2D eigenvalue weighted by Crippen LogP contribution is -2.21. The van der Waals surface area contributed by atoms with Gasteiger partial charge in [-0.25, -0.2) is 8.78 Å².